The van der Waals surface area contributed by atoms with Gasteiger partial charge in [-0.15, -0.1) is 0 Å². The van der Waals surface area contributed by atoms with Crippen LogP contribution in [0.25, 0.3) is 0 Å². The molecule has 1 saturated heterocycles. The standard InChI is InChI=1S/C34H42N2O7/c1-22(32(39)28-8-6-5-7-9-28)36(4)20-30-18-31(27-14-12-26(21-37)13-15-27)43-34(42-30)29-16-10-25(11-17-29)19-35-33(40)23(2)41-24(3)38/h5-17,22-23,30-32,34,37,39H,18-21H2,1-4H3,(H,35,40). The number of likely N-dealkylation sites (N-methyl/N-ethyl adjacent to an activating group) is 1. The average Bonchev–Trinajstić information content (AvgIpc) is 3.03. The van der Waals surface area contributed by atoms with E-state index in [0.29, 0.717) is 13.0 Å². The van der Waals surface area contributed by atoms with Gasteiger partial charge in [-0.25, -0.2) is 0 Å². The lowest BCUT2D eigenvalue weighted by molar-refractivity contribution is -0.253. The van der Waals surface area contributed by atoms with Crippen molar-refractivity contribution in [2.75, 3.05) is 13.6 Å². The van der Waals surface area contributed by atoms with Crippen LogP contribution in [0.3, 0.4) is 0 Å². The Morgan fingerprint density at radius 3 is 2.21 bits per heavy atom. The number of amides is 1. The first-order valence-corrected chi connectivity index (χ1v) is 14.6. The Bertz CT molecular complexity index is 1320. The van der Waals surface area contributed by atoms with Crippen LogP contribution in [0.4, 0.5) is 0 Å². The van der Waals surface area contributed by atoms with E-state index < -0.39 is 24.5 Å². The van der Waals surface area contributed by atoms with Gasteiger partial charge in [0.2, 0.25) is 0 Å². The van der Waals surface area contributed by atoms with Crippen LogP contribution < -0.4 is 5.32 Å². The van der Waals surface area contributed by atoms with Crippen molar-refractivity contribution in [3.05, 3.63) is 107 Å². The molecule has 6 atom stereocenters. The molecule has 0 aliphatic carbocycles. The molecule has 43 heavy (non-hydrogen) atoms. The summed E-state index contributed by atoms with van der Waals surface area (Å²) >= 11 is 0. The van der Waals surface area contributed by atoms with Gasteiger partial charge in [0.05, 0.1) is 24.9 Å². The zero-order chi connectivity index (χ0) is 30.9. The van der Waals surface area contributed by atoms with Crippen molar-refractivity contribution in [1.82, 2.24) is 10.2 Å². The fourth-order valence-electron chi connectivity index (χ4n) is 5.12. The van der Waals surface area contributed by atoms with Crippen molar-refractivity contribution in [2.45, 2.75) is 77.1 Å². The first kappa shape index (κ1) is 32.3. The number of esters is 1. The summed E-state index contributed by atoms with van der Waals surface area (Å²) in [6, 6.07) is 24.9. The summed E-state index contributed by atoms with van der Waals surface area (Å²) in [6.07, 6.45) is -1.93. The van der Waals surface area contributed by atoms with Crippen molar-refractivity contribution < 1.29 is 34.0 Å². The molecule has 1 amide bonds. The van der Waals surface area contributed by atoms with Gasteiger partial charge in [0.15, 0.2) is 12.4 Å². The van der Waals surface area contributed by atoms with Gasteiger partial charge in [0, 0.05) is 38.0 Å². The van der Waals surface area contributed by atoms with Crippen molar-refractivity contribution in [2.24, 2.45) is 0 Å². The highest BCUT2D eigenvalue weighted by molar-refractivity contribution is 5.82. The Kier molecular flexibility index (Phi) is 11.4. The van der Waals surface area contributed by atoms with Crippen LogP contribution in [0, 0.1) is 0 Å². The van der Waals surface area contributed by atoms with Crippen LogP contribution >= 0.6 is 0 Å². The molecule has 1 fully saturated rings. The maximum atomic E-state index is 12.2. The molecule has 1 aliphatic rings. The number of hydrogen-bond acceptors (Lipinski definition) is 8. The number of carbonyl (C=O) groups is 2. The third-order valence-electron chi connectivity index (χ3n) is 7.83. The van der Waals surface area contributed by atoms with E-state index in [0.717, 1.165) is 27.8 Å². The summed E-state index contributed by atoms with van der Waals surface area (Å²) in [5, 5.41) is 23.3. The number of nitrogens with one attached hydrogen (secondary N) is 1. The van der Waals surface area contributed by atoms with Gasteiger partial charge < -0.3 is 29.7 Å². The number of aliphatic hydroxyl groups excluding tert-OH is 2. The van der Waals surface area contributed by atoms with Crippen LogP contribution in [0.15, 0.2) is 78.9 Å². The molecule has 0 saturated carbocycles. The summed E-state index contributed by atoms with van der Waals surface area (Å²) < 4.78 is 17.9. The van der Waals surface area contributed by atoms with E-state index in [1.165, 1.54) is 13.8 Å². The lowest BCUT2D eigenvalue weighted by Gasteiger charge is -2.39. The maximum Gasteiger partial charge on any atom is 0.303 e. The minimum Gasteiger partial charge on any atom is -0.453 e. The van der Waals surface area contributed by atoms with Crippen molar-refractivity contribution in [3.63, 3.8) is 0 Å². The van der Waals surface area contributed by atoms with Gasteiger partial charge >= 0.3 is 5.97 Å². The summed E-state index contributed by atoms with van der Waals surface area (Å²) in [5.74, 6) is -0.875. The van der Waals surface area contributed by atoms with E-state index in [-0.39, 0.29) is 37.3 Å². The van der Waals surface area contributed by atoms with Crippen LogP contribution in [-0.4, -0.2) is 58.8 Å². The molecule has 0 spiro atoms. The molecule has 0 bridgehead atoms. The molecule has 6 unspecified atom stereocenters. The van der Waals surface area contributed by atoms with Crippen molar-refractivity contribution in [1.29, 1.82) is 0 Å². The second-order valence-corrected chi connectivity index (χ2v) is 11.1. The fourth-order valence-corrected chi connectivity index (χ4v) is 5.12. The fraction of sp³-hybridized carbons (Fsp3) is 0.412. The summed E-state index contributed by atoms with van der Waals surface area (Å²) in [5.41, 5.74) is 4.41. The largest absolute Gasteiger partial charge is 0.453 e. The smallest absolute Gasteiger partial charge is 0.303 e. The number of nitrogens with zero attached hydrogens (tertiary/aromatic N) is 1. The van der Waals surface area contributed by atoms with Gasteiger partial charge in [-0.3, -0.25) is 14.5 Å². The van der Waals surface area contributed by atoms with Gasteiger partial charge in [0.1, 0.15) is 0 Å². The molecule has 3 aromatic carbocycles. The normalized spacial score (nSPS) is 20.7. The zero-order valence-corrected chi connectivity index (χ0v) is 25.2. The lowest BCUT2D eigenvalue weighted by Crippen LogP contribution is -2.43. The highest BCUT2D eigenvalue weighted by Gasteiger charge is 2.34. The molecule has 9 heteroatoms. The Labute approximate surface area is 253 Å². The van der Waals surface area contributed by atoms with E-state index in [1.807, 2.05) is 92.8 Å². The number of rotatable bonds is 12. The average molecular weight is 591 g/mol. The topological polar surface area (TPSA) is 118 Å². The molecular weight excluding hydrogens is 548 g/mol. The molecule has 230 valence electrons. The van der Waals surface area contributed by atoms with E-state index in [4.69, 9.17) is 14.2 Å². The molecule has 9 nitrogen and oxygen atoms in total. The van der Waals surface area contributed by atoms with E-state index in [2.05, 4.69) is 10.2 Å². The summed E-state index contributed by atoms with van der Waals surface area (Å²) in [6.45, 7) is 5.64. The zero-order valence-electron chi connectivity index (χ0n) is 25.2. The minimum atomic E-state index is -0.865. The molecule has 3 aromatic rings. The number of aliphatic hydroxyl groups is 2. The van der Waals surface area contributed by atoms with E-state index in [1.54, 1.807) is 0 Å². The van der Waals surface area contributed by atoms with Gasteiger partial charge in [-0.2, -0.15) is 0 Å². The second kappa shape index (κ2) is 15.2. The molecule has 1 aliphatic heterocycles. The predicted molar refractivity (Wildman–Crippen MR) is 161 cm³/mol. The third kappa shape index (κ3) is 8.95. The highest BCUT2D eigenvalue weighted by atomic mass is 16.7. The predicted octanol–water partition coefficient (Wildman–Crippen LogP) is 4.35. The van der Waals surface area contributed by atoms with Crippen LogP contribution in [0.1, 0.15) is 73.5 Å². The van der Waals surface area contributed by atoms with Crippen molar-refractivity contribution in [3.8, 4) is 0 Å². The Morgan fingerprint density at radius 1 is 0.953 bits per heavy atom. The van der Waals surface area contributed by atoms with Crippen LogP contribution in [0.2, 0.25) is 0 Å². The Balaban J connectivity index is 1.46. The second-order valence-electron chi connectivity index (χ2n) is 11.1. The van der Waals surface area contributed by atoms with Crippen LogP contribution in [-0.2, 0) is 37.0 Å². The van der Waals surface area contributed by atoms with Crippen molar-refractivity contribution >= 4 is 11.9 Å². The number of hydrogen-bond donors (Lipinski definition) is 3. The third-order valence-corrected chi connectivity index (χ3v) is 7.83. The summed E-state index contributed by atoms with van der Waals surface area (Å²) in [4.78, 5) is 25.4. The summed E-state index contributed by atoms with van der Waals surface area (Å²) in [7, 11) is 1.99. The molecule has 0 aromatic heterocycles. The SMILES string of the molecule is CC(=O)OC(C)C(=O)NCc1ccc(C2OC(CN(C)C(C)C(O)c3ccccc3)CC(c3ccc(CO)cc3)O2)cc1. The number of carbonyl (C=O) groups excluding carboxylic acids is 2. The molecule has 3 N–H and O–H groups in total. The number of benzene rings is 3. The molecule has 0 radical (unpaired) electrons. The quantitative estimate of drug-likeness (QED) is 0.267. The van der Waals surface area contributed by atoms with E-state index in [9.17, 15) is 19.8 Å². The van der Waals surface area contributed by atoms with Crippen LogP contribution in [0.5, 0.6) is 0 Å². The number of ether oxygens (including phenoxy) is 3. The molecule has 1 heterocycles. The monoisotopic (exact) mass is 590 g/mol. The van der Waals surface area contributed by atoms with Gasteiger partial charge in [0.25, 0.3) is 5.91 Å². The first-order valence-electron chi connectivity index (χ1n) is 14.6. The van der Waals surface area contributed by atoms with Gasteiger partial charge in [-0.1, -0.05) is 78.9 Å². The maximum absolute atomic E-state index is 12.2. The lowest BCUT2D eigenvalue weighted by atomic mass is 9.98. The minimum absolute atomic E-state index is 0.0257. The Hall–Kier alpha value is -3.60. The van der Waals surface area contributed by atoms with Gasteiger partial charge in [-0.05, 0) is 43.1 Å². The molecular formula is C34H42N2O7. The van der Waals surface area contributed by atoms with E-state index >= 15 is 0 Å². The first-order chi connectivity index (χ1) is 20.6. The highest BCUT2D eigenvalue weighted by Crippen LogP contribution is 2.38. The Morgan fingerprint density at radius 2 is 1.58 bits per heavy atom. The molecule has 4 rings (SSSR count).